The van der Waals surface area contributed by atoms with Crippen LogP contribution in [0.15, 0.2) is 12.4 Å². The summed E-state index contributed by atoms with van der Waals surface area (Å²) < 4.78 is 1.99. The predicted molar refractivity (Wildman–Crippen MR) is 69.7 cm³/mol. The lowest BCUT2D eigenvalue weighted by molar-refractivity contribution is 0.0360. The van der Waals surface area contributed by atoms with Gasteiger partial charge >= 0.3 is 0 Å². The molecule has 0 aliphatic heterocycles. The van der Waals surface area contributed by atoms with E-state index in [9.17, 15) is 5.11 Å². The number of nitrogens with one attached hydrogen (secondary N) is 1. The van der Waals surface area contributed by atoms with Crippen LogP contribution in [0.25, 0.3) is 0 Å². The van der Waals surface area contributed by atoms with Gasteiger partial charge in [0.05, 0.1) is 11.6 Å². The average molecular weight is 239 g/mol. The summed E-state index contributed by atoms with van der Waals surface area (Å²) in [6.45, 7) is 8.77. The third-order valence-corrected chi connectivity index (χ3v) is 2.88. The Labute approximate surface area is 104 Å². The van der Waals surface area contributed by atoms with E-state index in [4.69, 9.17) is 0 Å². The lowest BCUT2D eigenvalue weighted by atomic mass is 9.94. The maximum Gasteiger partial charge on any atom is 0.125 e. The van der Waals surface area contributed by atoms with Crippen LogP contribution in [0.3, 0.4) is 0 Å². The molecule has 2 unspecified atom stereocenters. The third-order valence-electron chi connectivity index (χ3n) is 2.88. The molecule has 2 atom stereocenters. The van der Waals surface area contributed by atoms with Crippen molar-refractivity contribution in [3.8, 4) is 0 Å². The second-order valence-electron chi connectivity index (χ2n) is 5.59. The van der Waals surface area contributed by atoms with E-state index in [0.717, 1.165) is 12.2 Å². The first-order chi connectivity index (χ1) is 7.82. The molecular formula is C13H25N3O. The summed E-state index contributed by atoms with van der Waals surface area (Å²) in [6, 6.07) is 0.147. The number of aromatic nitrogens is 2. The van der Waals surface area contributed by atoms with E-state index in [1.54, 1.807) is 6.20 Å². The smallest absolute Gasteiger partial charge is 0.125 e. The molecule has 98 valence electrons. The van der Waals surface area contributed by atoms with E-state index in [-0.39, 0.29) is 6.04 Å². The molecular weight excluding hydrogens is 214 g/mol. The van der Waals surface area contributed by atoms with Crippen molar-refractivity contribution in [3.63, 3.8) is 0 Å². The lowest BCUT2D eigenvalue weighted by Gasteiger charge is -2.27. The van der Waals surface area contributed by atoms with Crippen molar-refractivity contribution < 1.29 is 5.11 Å². The molecule has 0 aliphatic rings. The van der Waals surface area contributed by atoms with E-state index in [2.05, 4.69) is 31.1 Å². The highest BCUT2D eigenvalue weighted by Gasteiger charge is 2.23. The van der Waals surface area contributed by atoms with Gasteiger partial charge in [-0.1, -0.05) is 13.8 Å². The zero-order chi connectivity index (χ0) is 13.1. The van der Waals surface area contributed by atoms with E-state index in [1.165, 1.54) is 0 Å². The summed E-state index contributed by atoms with van der Waals surface area (Å²) in [5, 5.41) is 13.5. The van der Waals surface area contributed by atoms with Crippen LogP contribution in [0.4, 0.5) is 0 Å². The number of nitrogens with zero attached hydrogens (tertiary/aromatic N) is 2. The van der Waals surface area contributed by atoms with Gasteiger partial charge in [0, 0.05) is 26.0 Å². The van der Waals surface area contributed by atoms with Gasteiger partial charge in [-0.05, 0) is 26.2 Å². The summed E-state index contributed by atoms with van der Waals surface area (Å²) in [6.07, 6.45) is 4.52. The van der Waals surface area contributed by atoms with Crippen molar-refractivity contribution in [2.45, 2.75) is 45.8 Å². The van der Waals surface area contributed by atoms with Crippen molar-refractivity contribution in [2.75, 3.05) is 6.54 Å². The topological polar surface area (TPSA) is 50.1 Å². The molecule has 1 rings (SSSR count). The summed E-state index contributed by atoms with van der Waals surface area (Å²) >= 11 is 0. The fraction of sp³-hybridized carbons (Fsp3) is 0.769. The summed E-state index contributed by atoms with van der Waals surface area (Å²) in [5.74, 6) is 1.49. The number of hydrogen-bond acceptors (Lipinski definition) is 3. The maximum atomic E-state index is 10.2. The van der Waals surface area contributed by atoms with Crippen molar-refractivity contribution in [1.29, 1.82) is 0 Å². The molecule has 0 saturated heterocycles. The molecule has 1 aromatic heterocycles. The van der Waals surface area contributed by atoms with Crippen LogP contribution in [0.5, 0.6) is 0 Å². The monoisotopic (exact) mass is 239 g/mol. The molecule has 0 radical (unpaired) electrons. The summed E-state index contributed by atoms with van der Waals surface area (Å²) in [7, 11) is 1.98. The molecule has 0 aromatic carbocycles. The van der Waals surface area contributed by atoms with E-state index < -0.39 is 5.60 Å². The van der Waals surface area contributed by atoms with Gasteiger partial charge in [-0.2, -0.15) is 0 Å². The number of imidazole rings is 1. The summed E-state index contributed by atoms with van der Waals surface area (Å²) in [5.41, 5.74) is -0.659. The maximum absolute atomic E-state index is 10.2. The van der Waals surface area contributed by atoms with Crippen LogP contribution in [0, 0.1) is 5.92 Å². The minimum atomic E-state index is -0.659. The Hall–Kier alpha value is -0.870. The molecule has 2 N–H and O–H groups in total. The highest BCUT2D eigenvalue weighted by Crippen LogP contribution is 2.17. The Bertz CT molecular complexity index is 344. The van der Waals surface area contributed by atoms with Crippen molar-refractivity contribution in [2.24, 2.45) is 13.0 Å². The molecule has 1 heterocycles. The fourth-order valence-electron chi connectivity index (χ4n) is 2.21. The molecule has 4 heteroatoms. The largest absolute Gasteiger partial charge is 0.389 e. The number of hydrogen-bond donors (Lipinski definition) is 2. The second kappa shape index (κ2) is 5.65. The lowest BCUT2D eigenvalue weighted by Crippen LogP contribution is -2.40. The Kier molecular flexibility index (Phi) is 4.71. The zero-order valence-corrected chi connectivity index (χ0v) is 11.6. The first-order valence-corrected chi connectivity index (χ1v) is 6.25. The molecule has 0 aliphatic carbocycles. The molecule has 1 aromatic rings. The highest BCUT2D eigenvalue weighted by molar-refractivity contribution is 4.97. The van der Waals surface area contributed by atoms with Crippen LogP contribution >= 0.6 is 0 Å². The molecule has 0 saturated carbocycles. The van der Waals surface area contributed by atoms with Crippen LogP contribution in [-0.4, -0.2) is 26.8 Å². The van der Waals surface area contributed by atoms with Crippen molar-refractivity contribution in [1.82, 2.24) is 14.9 Å². The van der Waals surface area contributed by atoms with E-state index in [1.807, 2.05) is 24.7 Å². The predicted octanol–water partition coefficient (Wildman–Crippen LogP) is 1.87. The Balaban J connectivity index is 2.48. The highest BCUT2D eigenvalue weighted by atomic mass is 16.3. The van der Waals surface area contributed by atoms with Crippen LogP contribution in [0.1, 0.15) is 46.0 Å². The minimum Gasteiger partial charge on any atom is -0.389 e. The standard InChI is InChI=1S/C13H25N3O/c1-10(2)8-13(4,17)9-15-11(3)12-14-6-7-16(12)5/h6-7,10-11,15,17H,8-9H2,1-5H3. The van der Waals surface area contributed by atoms with Crippen LogP contribution in [-0.2, 0) is 7.05 Å². The molecule has 0 amide bonds. The van der Waals surface area contributed by atoms with Crippen LogP contribution < -0.4 is 5.32 Å². The SMILES string of the molecule is CC(C)CC(C)(O)CNC(C)c1nccn1C. The van der Waals surface area contributed by atoms with Gasteiger partial charge in [0.2, 0.25) is 0 Å². The molecule has 0 spiro atoms. The van der Waals surface area contributed by atoms with Gasteiger partial charge in [-0.3, -0.25) is 0 Å². The minimum absolute atomic E-state index is 0.147. The number of aryl methyl sites for hydroxylation is 1. The zero-order valence-electron chi connectivity index (χ0n) is 11.6. The summed E-state index contributed by atoms with van der Waals surface area (Å²) in [4.78, 5) is 4.30. The fourth-order valence-corrected chi connectivity index (χ4v) is 2.21. The van der Waals surface area contributed by atoms with Crippen molar-refractivity contribution >= 4 is 0 Å². The Morgan fingerprint density at radius 2 is 2.12 bits per heavy atom. The van der Waals surface area contributed by atoms with Gasteiger partial charge in [-0.15, -0.1) is 0 Å². The normalized spacial score (nSPS) is 17.1. The van der Waals surface area contributed by atoms with Gasteiger partial charge in [0.1, 0.15) is 5.82 Å². The second-order valence-corrected chi connectivity index (χ2v) is 5.59. The number of aliphatic hydroxyl groups is 1. The quantitative estimate of drug-likeness (QED) is 0.797. The Morgan fingerprint density at radius 3 is 2.59 bits per heavy atom. The third kappa shape index (κ3) is 4.48. The molecule has 0 bridgehead atoms. The van der Waals surface area contributed by atoms with Gasteiger partial charge in [0.15, 0.2) is 0 Å². The van der Waals surface area contributed by atoms with Crippen LogP contribution in [0.2, 0.25) is 0 Å². The van der Waals surface area contributed by atoms with Crippen molar-refractivity contribution in [3.05, 3.63) is 18.2 Å². The van der Waals surface area contributed by atoms with Gasteiger partial charge in [-0.25, -0.2) is 4.98 Å². The first-order valence-electron chi connectivity index (χ1n) is 6.25. The Morgan fingerprint density at radius 1 is 1.47 bits per heavy atom. The average Bonchev–Trinajstić information content (AvgIpc) is 2.59. The molecule has 0 fully saturated rings. The van der Waals surface area contributed by atoms with Gasteiger partial charge in [0.25, 0.3) is 0 Å². The molecule has 17 heavy (non-hydrogen) atoms. The van der Waals surface area contributed by atoms with E-state index in [0.29, 0.717) is 12.5 Å². The number of rotatable bonds is 6. The van der Waals surface area contributed by atoms with Gasteiger partial charge < -0.3 is 15.0 Å². The first kappa shape index (κ1) is 14.2. The molecule has 4 nitrogen and oxygen atoms in total. The van der Waals surface area contributed by atoms with E-state index >= 15 is 0 Å².